The van der Waals surface area contributed by atoms with Crippen molar-refractivity contribution < 1.29 is 9.18 Å². The lowest BCUT2D eigenvalue weighted by Crippen LogP contribution is -2.48. The third kappa shape index (κ3) is 2.79. The van der Waals surface area contributed by atoms with Gasteiger partial charge < -0.3 is 10.6 Å². The van der Waals surface area contributed by atoms with Gasteiger partial charge in [0.1, 0.15) is 5.82 Å². The van der Waals surface area contributed by atoms with E-state index >= 15 is 0 Å². The first-order valence-electron chi connectivity index (χ1n) is 5.13. The van der Waals surface area contributed by atoms with Crippen molar-refractivity contribution in [2.24, 2.45) is 0 Å². The van der Waals surface area contributed by atoms with Crippen molar-refractivity contribution in [3.05, 3.63) is 29.6 Å². The minimum atomic E-state index is -0.725. The zero-order valence-corrected chi connectivity index (χ0v) is 10.0. The van der Waals surface area contributed by atoms with Crippen LogP contribution in [0, 0.1) is 12.7 Å². The Labute approximate surface area is 95.0 Å². The molecule has 1 rings (SSSR count). The maximum atomic E-state index is 13.5. The van der Waals surface area contributed by atoms with E-state index in [1.807, 2.05) is 0 Å². The van der Waals surface area contributed by atoms with Gasteiger partial charge in [0, 0.05) is 0 Å². The highest BCUT2D eigenvalue weighted by Gasteiger charge is 2.25. The number of hydrogen-bond donors (Lipinski definition) is 2. The summed E-state index contributed by atoms with van der Waals surface area (Å²) in [5, 5.41) is 5.41. The number of amides is 1. The fraction of sp³-hybridized carbons (Fsp3) is 0.417. The Balaban J connectivity index is 2.85. The Hall–Kier alpha value is -1.42. The van der Waals surface area contributed by atoms with Crippen LogP contribution in [0.5, 0.6) is 0 Å². The lowest BCUT2D eigenvalue weighted by Gasteiger charge is -2.22. The van der Waals surface area contributed by atoms with Crippen LogP contribution in [0.3, 0.4) is 0 Å². The second kappa shape index (κ2) is 4.61. The quantitative estimate of drug-likeness (QED) is 0.825. The van der Waals surface area contributed by atoms with Crippen LogP contribution in [-0.4, -0.2) is 18.5 Å². The molecule has 1 amide bonds. The average Bonchev–Trinajstić information content (AvgIpc) is 2.22. The van der Waals surface area contributed by atoms with Crippen molar-refractivity contribution in [3.8, 4) is 0 Å². The van der Waals surface area contributed by atoms with Crippen LogP contribution in [0.15, 0.2) is 18.2 Å². The molecule has 0 radical (unpaired) electrons. The number of aryl methyl sites for hydroxylation is 1. The third-order valence-corrected chi connectivity index (χ3v) is 2.57. The van der Waals surface area contributed by atoms with Crippen molar-refractivity contribution in [1.82, 2.24) is 5.32 Å². The summed E-state index contributed by atoms with van der Waals surface area (Å²) in [4.78, 5) is 11.8. The second-order valence-electron chi connectivity index (χ2n) is 4.31. The SMILES string of the molecule is CNC(C)(C)C(=O)Nc1ccc(C)cc1F. The van der Waals surface area contributed by atoms with Gasteiger partial charge in [-0.2, -0.15) is 0 Å². The highest BCUT2D eigenvalue weighted by atomic mass is 19.1. The Morgan fingerprint density at radius 3 is 2.50 bits per heavy atom. The fourth-order valence-corrected chi connectivity index (χ4v) is 1.11. The molecule has 0 spiro atoms. The highest BCUT2D eigenvalue weighted by Crippen LogP contribution is 2.16. The molecule has 3 nitrogen and oxygen atoms in total. The van der Waals surface area contributed by atoms with Crippen LogP contribution in [-0.2, 0) is 4.79 Å². The molecule has 0 unspecified atom stereocenters. The zero-order chi connectivity index (χ0) is 12.3. The van der Waals surface area contributed by atoms with E-state index in [1.165, 1.54) is 6.07 Å². The number of anilines is 1. The fourth-order valence-electron chi connectivity index (χ4n) is 1.11. The van der Waals surface area contributed by atoms with Gasteiger partial charge in [0.2, 0.25) is 5.91 Å². The predicted octanol–water partition coefficient (Wildman–Crippen LogP) is 2.07. The Bertz CT molecular complexity index is 402. The Morgan fingerprint density at radius 1 is 1.38 bits per heavy atom. The highest BCUT2D eigenvalue weighted by molar-refractivity contribution is 5.97. The summed E-state index contributed by atoms with van der Waals surface area (Å²) in [5.41, 5.74) is 0.305. The first-order chi connectivity index (χ1) is 7.36. The molecule has 0 fully saturated rings. The van der Waals surface area contributed by atoms with Crippen LogP contribution < -0.4 is 10.6 Å². The molecule has 0 aliphatic carbocycles. The number of carbonyl (C=O) groups excluding carboxylic acids is 1. The predicted molar refractivity (Wildman–Crippen MR) is 62.9 cm³/mol. The number of rotatable bonds is 3. The van der Waals surface area contributed by atoms with Gasteiger partial charge >= 0.3 is 0 Å². The van der Waals surface area contributed by atoms with E-state index in [0.717, 1.165) is 5.56 Å². The summed E-state index contributed by atoms with van der Waals surface area (Å²) < 4.78 is 13.5. The average molecular weight is 224 g/mol. The molecule has 0 saturated heterocycles. The van der Waals surface area contributed by atoms with Crippen LogP contribution in [0.25, 0.3) is 0 Å². The number of likely N-dealkylation sites (N-methyl/N-ethyl adjacent to an activating group) is 1. The van der Waals surface area contributed by atoms with Gasteiger partial charge in [-0.15, -0.1) is 0 Å². The number of halogens is 1. The van der Waals surface area contributed by atoms with E-state index in [-0.39, 0.29) is 11.6 Å². The van der Waals surface area contributed by atoms with Gasteiger partial charge in [-0.25, -0.2) is 4.39 Å². The van der Waals surface area contributed by atoms with Crippen LogP contribution in [0.2, 0.25) is 0 Å². The lowest BCUT2D eigenvalue weighted by molar-refractivity contribution is -0.121. The summed E-state index contributed by atoms with van der Waals surface area (Å²) in [5.74, 6) is -0.682. The number of nitrogens with one attached hydrogen (secondary N) is 2. The first kappa shape index (κ1) is 12.6. The van der Waals surface area contributed by atoms with E-state index in [1.54, 1.807) is 40.0 Å². The third-order valence-electron chi connectivity index (χ3n) is 2.57. The maximum Gasteiger partial charge on any atom is 0.244 e. The van der Waals surface area contributed by atoms with E-state index in [0.29, 0.717) is 0 Å². The first-order valence-corrected chi connectivity index (χ1v) is 5.13. The summed E-state index contributed by atoms with van der Waals surface area (Å²) in [6, 6.07) is 4.71. The normalized spacial score (nSPS) is 11.3. The number of carbonyl (C=O) groups is 1. The molecule has 0 atom stereocenters. The zero-order valence-electron chi connectivity index (χ0n) is 10.0. The molecular weight excluding hydrogens is 207 g/mol. The van der Waals surface area contributed by atoms with Crippen LogP contribution >= 0.6 is 0 Å². The minimum Gasteiger partial charge on any atom is -0.322 e. The molecule has 0 heterocycles. The standard InChI is InChI=1S/C12H17FN2O/c1-8-5-6-10(9(13)7-8)15-11(16)12(2,3)14-4/h5-7,14H,1-4H3,(H,15,16). The smallest absolute Gasteiger partial charge is 0.244 e. The van der Waals surface area contributed by atoms with Gasteiger partial charge in [0.15, 0.2) is 0 Å². The summed E-state index contributed by atoms with van der Waals surface area (Å²) in [7, 11) is 1.69. The molecule has 0 saturated carbocycles. The van der Waals surface area contributed by atoms with Gasteiger partial charge in [0.25, 0.3) is 0 Å². The van der Waals surface area contributed by atoms with E-state index in [4.69, 9.17) is 0 Å². The molecule has 4 heteroatoms. The van der Waals surface area contributed by atoms with Gasteiger partial charge in [0.05, 0.1) is 11.2 Å². The van der Waals surface area contributed by atoms with Crippen LogP contribution in [0.1, 0.15) is 19.4 Å². The summed E-state index contributed by atoms with van der Waals surface area (Å²) in [6.45, 7) is 5.26. The molecule has 2 N–H and O–H groups in total. The monoisotopic (exact) mass is 224 g/mol. The Morgan fingerprint density at radius 2 is 2.00 bits per heavy atom. The lowest BCUT2D eigenvalue weighted by atomic mass is 10.0. The Kier molecular flexibility index (Phi) is 3.65. The number of benzene rings is 1. The van der Waals surface area contributed by atoms with E-state index in [2.05, 4.69) is 10.6 Å². The molecule has 1 aromatic rings. The topological polar surface area (TPSA) is 41.1 Å². The molecule has 0 aliphatic heterocycles. The van der Waals surface area contributed by atoms with Crippen LogP contribution in [0.4, 0.5) is 10.1 Å². The largest absolute Gasteiger partial charge is 0.322 e. The molecule has 1 aromatic carbocycles. The molecular formula is C12H17FN2O. The molecule has 16 heavy (non-hydrogen) atoms. The van der Waals surface area contributed by atoms with Gasteiger partial charge in [-0.05, 0) is 45.5 Å². The number of hydrogen-bond acceptors (Lipinski definition) is 2. The molecule has 88 valence electrons. The summed E-state index contributed by atoms with van der Waals surface area (Å²) in [6.07, 6.45) is 0. The summed E-state index contributed by atoms with van der Waals surface area (Å²) >= 11 is 0. The van der Waals surface area contributed by atoms with E-state index in [9.17, 15) is 9.18 Å². The van der Waals surface area contributed by atoms with Crippen molar-refractivity contribution in [2.75, 3.05) is 12.4 Å². The molecule has 0 aromatic heterocycles. The van der Waals surface area contributed by atoms with Crippen molar-refractivity contribution in [2.45, 2.75) is 26.3 Å². The molecule has 0 bridgehead atoms. The maximum absolute atomic E-state index is 13.5. The van der Waals surface area contributed by atoms with Crippen molar-refractivity contribution >= 4 is 11.6 Å². The molecule has 0 aliphatic rings. The van der Waals surface area contributed by atoms with Crippen molar-refractivity contribution in [3.63, 3.8) is 0 Å². The second-order valence-corrected chi connectivity index (χ2v) is 4.31. The van der Waals surface area contributed by atoms with Gasteiger partial charge in [-0.3, -0.25) is 4.79 Å². The van der Waals surface area contributed by atoms with E-state index < -0.39 is 11.4 Å². The van der Waals surface area contributed by atoms with Crippen molar-refractivity contribution in [1.29, 1.82) is 0 Å². The van der Waals surface area contributed by atoms with Gasteiger partial charge in [-0.1, -0.05) is 6.07 Å². The minimum absolute atomic E-state index is 0.207.